The molecule has 0 aliphatic rings. The fourth-order valence-corrected chi connectivity index (χ4v) is 5.05. The number of imidazole rings is 1. The molecule has 0 bridgehead atoms. The molecular formula is C26H35N5O5Si. The number of nitrogens with zero attached hydrogens (tertiary/aromatic N) is 4. The maximum absolute atomic E-state index is 13.6. The van der Waals surface area contributed by atoms with Crippen LogP contribution in [0.1, 0.15) is 32.7 Å². The van der Waals surface area contributed by atoms with Gasteiger partial charge in [-0.15, -0.1) is 0 Å². The monoisotopic (exact) mass is 525 g/mol. The third-order valence-corrected chi connectivity index (χ3v) is 8.21. The molecule has 4 aromatic heterocycles. The molecule has 0 fully saturated rings. The van der Waals surface area contributed by atoms with Crippen LogP contribution >= 0.6 is 0 Å². The second kappa shape index (κ2) is 10.6. The Hall–Kier alpha value is -3.28. The van der Waals surface area contributed by atoms with E-state index in [9.17, 15) is 19.5 Å². The zero-order valence-corrected chi connectivity index (χ0v) is 23.0. The number of aliphatic hydroxyl groups excluding tert-OH is 1. The van der Waals surface area contributed by atoms with Crippen molar-refractivity contribution in [2.45, 2.75) is 71.3 Å². The molecule has 0 saturated carbocycles. The molecule has 2 N–H and O–H groups in total. The Labute approximate surface area is 215 Å². The van der Waals surface area contributed by atoms with Crippen molar-refractivity contribution in [3.05, 3.63) is 67.6 Å². The summed E-state index contributed by atoms with van der Waals surface area (Å²) in [7, 11) is -1.30. The van der Waals surface area contributed by atoms with Gasteiger partial charge < -0.3 is 19.4 Å². The summed E-state index contributed by atoms with van der Waals surface area (Å²) in [5.74, 6) is 0.238. The second-order valence-corrected chi connectivity index (χ2v) is 16.5. The van der Waals surface area contributed by atoms with E-state index in [2.05, 4.69) is 24.6 Å². The van der Waals surface area contributed by atoms with E-state index in [1.807, 2.05) is 11.5 Å². The van der Waals surface area contributed by atoms with Crippen LogP contribution in [0.2, 0.25) is 25.7 Å². The summed E-state index contributed by atoms with van der Waals surface area (Å²) in [4.78, 5) is 46.8. The summed E-state index contributed by atoms with van der Waals surface area (Å²) >= 11 is 0. The largest absolute Gasteiger partial charge is 0.393 e. The van der Waals surface area contributed by atoms with Crippen LogP contribution in [-0.2, 0) is 11.5 Å². The van der Waals surface area contributed by atoms with Gasteiger partial charge in [-0.05, 0) is 44.9 Å². The van der Waals surface area contributed by atoms with Crippen molar-refractivity contribution < 1.29 is 9.84 Å². The maximum atomic E-state index is 13.6. The van der Waals surface area contributed by atoms with E-state index in [0.717, 1.165) is 6.04 Å². The Morgan fingerprint density at radius 2 is 1.81 bits per heavy atom. The fraction of sp³-hybridized carbons (Fsp3) is 0.462. The quantitative estimate of drug-likeness (QED) is 0.242. The minimum atomic E-state index is -1.30. The number of aromatic amines is 1. The molecule has 4 heterocycles. The predicted octanol–water partition coefficient (Wildman–Crippen LogP) is 3.22. The van der Waals surface area contributed by atoms with Gasteiger partial charge in [-0.2, -0.15) is 0 Å². The lowest BCUT2D eigenvalue weighted by Gasteiger charge is -2.19. The fourth-order valence-electron chi connectivity index (χ4n) is 4.30. The Kier molecular flexibility index (Phi) is 7.67. The van der Waals surface area contributed by atoms with Crippen molar-refractivity contribution >= 4 is 30.3 Å². The molecule has 4 rings (SSSR count). The number of H-pyrrole nitrogens is 1. The summed E-state index contributed by atoms with van der Waals surface area (Å²) in [5, 5.41) is 10.1. The molecule has 0 aromatic carbocycles. The Balaban J connectivity index is 1.83. The van der Waals surface area contributed by atoms with Crippen molar-refractivity contribution in [2.75, 3.05) is 6.61 Å². The highest BCUT2D eigenvalue weighted by Gasteiger charge is 2.20. The van der Waals surface area contributed by atoms with Crippen molar-refractivity contribution in [3.8, 4) is 5.82 Å². The minimum Gasteiger partial charge on any atom is -0.393 e. The zero-order chi connectivity index (χ0) is 26.9. The Morgan fingerprint density at radius 3 is 2.51 bits per heavy atom. The van der Waals surface area contributed by atoms with Gasteiger partial charge in [-0.1, -0.05) is 19.6 Å². The SMILES string of the molecule is CC(O)CCC(C)n1ccc(=O)c2ccc(-n3c(=O)n(COCC[Si](C)(C)C)c4[nH]ccc(=O)c43)nc21. The molecule has 10 nitrogen and oxygen atoms in total. The van der Waals surface area contributed by atoms with Gasteiger partial charge in [-0.3, -0.25) is 14.2 Å². The number of aliphatic hydroxyl groups is 1. The van der Waals surface area contributed by atoms with E-state index in [1.54, 1.807) is 25.3 Å². The van der Waals surface area contributed by atoms with Crippen LogP contribution in [0.3, 0.4) is 0 Å². The van der Waals surface area contributed by atoms with Crippen LogP contribution in [0.15, 0.2) is 51.0 Å². The van der Waals surface area contributed by atoms with E-state index in [-0.39, 0.29) is 35.0 Å². The lowest BCUT2D eigenvalue weighted by molar-refractivity contribution is 0.0871. The number of aromatic nitrogens is 5. The van der Waals surface area contributed by atoms with Crippen LogP contribution < -0.4 is 16.5 Å². The van der Waals surface area contributed by atoms with Gasteiger partial charge >= 0.3 is 5.69 Å². The third kappa shape index (κ3) is 5.68. The summed E-state index contributed by atoms with van der Waals surface area (Å²) in [6.07, 6.45) is 4.01. The predicted molar refractivity (Wildman–Crippen MR) is 147 cm³/mol. The van der Waals surface area contributed by atoms with Gasteiger partial charge in [0.2, 0.25) is 5.43 Å². The van der Waals surface area contributed by atoms with Crippen LogP contribution in [-0.4, -0.2) is 49.6 Å². The minimum absolute atomic E-state index is 0.00142. The maximum Gasteiger partial charge on any atom is 0.338 e. The Bertz CT molecular complexity index is 1590. The normalized spacial score (nSPS) is 13.9. The number of rotatable bonds is 10. The summed E-state index contributed by atoms with van der Waals surface area (Å²) < 4.78 is 10.4. The first-order valence-electron chi connectivity index (χ1n) is 12.6. The number of hydrogen-bond acceptors (Lipinski definition) is 6. The topological polar surface area (TPSA) is 124 Å². The molecule has 11 heteroatoms. The van der Waals surface area contributed by atoms with Crippen LogP contribution in [0, 0.1) is 0 Å². The van der Waals surface area contributed by atoms with Crippen molar-refractivity contribution in [3.63, 3.8) is 0 Å². The highest BCUT2D eigenvalue weighted by Crippen LogP contribution is 2.21. The molecule has 0 radical (unpaired) electrons. The first-order valence-corrected chi connectivity index (χ1v) is 16.3. The van der Waals surface area contributed by atoms with Gasteiger partial charge in [0.05, 0.1) is 11.5 Å². The van der Waals surface area contributed by atoms with E-state index in [1.165, 1.54) is 27.5 Å². The first kappa shape index (κ1) is 26.8. The van der Waals surface area contributed by atoms with Crippen molar-refractivity contribution in [1.29, 1.82) is 0 Å². The highest BCUT2D eigenvalue weighted by atomic mass is 28.3. The van der Waals surface area contributed by atoms with Crippen LogP contribution in [0.5, 0.6) is 0 Å². The second-order valence-electron chi connectivity index (χ2n) is 10.8. The van der Waals surface area contributed by atoms with Gasteiger partial charge in [-0.25, -0.2) is 14.3 Å². The van der Waals surface area contributed by atoms with E-state index < -0.39 is 19.9 Å². The average molecular weight is 526 g/mol. The third-order valence-electron chi connectivity index (χ3n) is 6.51. The van der Waals surface area contributed by atoms with Crippen LogP contribution in [0.4, 0.5) is 0 Å². The highest BCUT2D eigenvalue weighted by molar-refractivity contribution is 6.76. The lowest BCUT2D eigenvalue weighted by atomic mass is 10.1. The number of nitrogens with one attached hydrogen (secondary N) is 1. The number of hydrogen-bond donors (Lipinski definition) is 2. The van der Waals surface area contributed by atoms with Gasteiger partial charge in [0.1, 0.15) is 29.4 Å². The molecule has 0 spiro atoms. The van der Waals surface area contributed by atoms with E-state index in [0.29, 0.717) is 36.1 Å². The van der Waals surface area contributed by atoms with Crippen molar-refractivity contribution in [1.82, 2.24) is 23.7 Å². The average Bonchev–Trinajstić information content (AvgIpc) is 3.12. The van der Waals surface area contributed by atoms with Gasteiger partial charge in [0, 0.05) is 45.2 Å². The summed E-state index contributed by atoms with van der Waals surface area (Å²) in [6, 6.07) is 6.97. The smallest absolute Gasteiger partial charge is 0.338 e. The molecule has 2 unspecified atom stereocenters. The van der Waals surface area contributed by atoms with Gasteiger partial charge in [0.25, 0.3) is 0 Å². The molecular weight excluding hydrogens is 490 g/mol. The number of ether oxygens (including phenoxy) is 1. The molecule has 0 aliphatic carbocycles. The standard InChI is InChI=1S/C26H35N5O5Si/c1-17(6-7-18(2)32)29-13-11-20(33)19-8-9-22(28-24(19)29)31-23-21(34)10-12-27-25(23)30(26(31)35)16-36-14-15-37(3,4)5/h8-13,17-18,32H,6-7,14-16H2,1-5H3,(H,27,34). The molecule has 0 aliphatic heterocycles. The molecule has 198 valence electrons. The Morgan fingerprint density at radius 1 is 1.05 bits per heavy atom. The van der Waals surface area contributed by atoms with E-state index in [4.69, 9.17) is 9.72 Å². The summed E-state index contributed by atoms with van der Waals surface area (Å²) in [5.41, 5.74) is -0.0416. The van der Waals surface area contributed by atoms with Crippen LogP contribution in [0.25, 0.3) is 28.0 Å². The van der Waals surface area contributed by atoms with Gasteiger partial charge in [0.15, 0.2) is 5.43 Å². The molecule has 4 aromatic rings. The van der Waals surface area contributed by atoms with Crippen molar-refractivity contribution in [2.24, 2.45) is 0 Å². The molecule has 37 heavy (non-hydrogen) atoms. The molecule has 2 atom stereocenters. The number of fused-ring (bicyclic) bond motifs is 2. The zero-order valence-electron chi connectivity index (χ0n) is 22.0. The van der Waals surface area contributed by atoms with E-state index >= 15 is 0 Å². The first-order chi connectivity index (χ1) is 17.5. The lowest BCUT2D eigenvalue weighted by Crippen LogP contribution is -2.27. The summed E-state index contributed by atoms with van der Waals surface area (Å²) in [6.45, 7) is 11.0. The molecule has 0 amide bonds. The number of pyridine rings is 3. The molecule has 0 saturated heterocycles.